The van der Waals surface area contributed by atoms with Crippen LogP contribution in [-0.2, 0) is 10.1 Å². The van der Waals surface area contributed by atoms with Crippen molar-refractivity contribution in [3.8, 4) is 0 Å². The summed E-state index contributed by atoms with van der Waals surface area (Å²) in [6.07, 6.45) is 0. The standard InChI is InChI=1S/C9H8BrIO2/c1-13-9(12)8-3-2-7(11)4-6(8)5-10/h2-4H,5H2,1H3. The lowest BCUT2D eigenvalue weighted by Crippen LogP contribution is -2.04. The van der Waals surface area contributed by atoms with Crippen molar-refractivity contribution in [2.45, 2.75) is 5.33 Å². The number of carbonyl (C=O) groups is 1. The Morgan fingerprint density at radius 2 is 2.31 bits per heavy atom. The van der Waals surface area contributed by atoms with Crippen molar-refractivity contribution in [2.75, 3.05) is 7.11 Å². The molecule has 0 heterocycles. The summed E-state index contributed by atoms with van der Waals surface area (Å²) in [7, 11) is 1.39. The van der Waals surface area contributed by atoms with Crippen molar-refractivity contribution in [3.05, 3.63) is 32.9 Å². The molecule has 1 rings (SSSR count). The van der Waals surface area contributed by atoms with Gasteiger partial charge in [0, 0.05) is 8.90 Å². The van der Waals surface area contributed by atoms with E-state index in [1.54, 1.807) is 6.07 Å². The van der Waals surface area contributed by atoms with E-state index in [2.05, 4.69) is 43.3 Å². The minimum absolute atomic E-state index is 0.286. The number of ether oxygens (including phenoxy) is 1. The van der Waals surface area contributed by atoms with Crippen molar-refractivity contribution in [2.24, 2.45) is 0 Å². The molecular weight excluding hydrogens is 347 g/mol. The summed E-state index contributed by atoms with van der Waals surface area (Å²) in [5.41, 5.74) is 1.58. The van der Waals surface area contributed by atoms with Crippen LogP contribution in [0.5, 0.6) is 0 Å². The van der Waals surface area contributed by atoms with Gasteiger partial charge in [-0.3, -0.25) is 0 Å². The fourth-order valence-corrected chi connectivity index (χ4v) is 2.00. The Morgan fingerprint density at radius 3 is 2.85 bits per heavy atom. The van der Waals surface area contributed by atoms with Gasteiger partial charge in [0.25, 0.3) is 0 Å². The first-order chi connectivity index (χ1) is 6.19. The zero-order valence-electron chi connectivity index (χ0n) is 7.01. The summed E-state index contributed by atoms with van der Waals surface area (Å²) < 4.78 is 5.77. The van der Waals surface area contributed by atoms with Crippen molar-refractivity contribution >= 4 is 44.5 Å². The van der Waals surface area contributed by atoms with Gasteiger partial charge >= 0.3 is 5.97 Å². The van der Waals surface area contributed by atoms with E-state index in [1.807, 2.05) is 12.1 Å². The number of rotatable bonds is 2. The largest absolute Gasteiger partial charge is 0.465 e. The van der Waals surface area contributed by atoms with Gasteiger partial charge in [-0.25, -0.2) is 4.79 Å². The maximum absolute atomic E-state index is 11.3. The van der Waals surface area contributed by atoms with Crippen LogP contribution in [0.3, 0.4) is 0 Å². The zero-order chi connectivity index (χ0) is 9.84. The summed E-state index contributed by atoms with van der Waals surface area (Å²) in [6, 6.07) is 5.63. The van der Waals surface area contributed by atoms with Crippen molar-refractivity contribution in [3.63, 3.8) is 0 Å². The molecule has 13 heavy (non-hydrogen) atoms. The summed E-state index contributed by atoms with van der Waals surface area (Å²) in [4.78, 5) is 11.3. The van der Waals surface area contributed by atoms with Crippen molar-refractivity contribution in [1.82, 2.24) is 0 Å². The molecule has 0 bridgehead atoms. The minimum Gasteiger partial charge on any atom is -0.465 e. The van der Waals surface area contributed by atoms with Crippen LogP contribution in [0.2, 0.25) is 0 Å². The van der Waals surface area contributed by atoms with Gasteiger partial charge in [-0.1, -0.05) is 15.9 Å². The third-order valence-electron chi connectivity index (χ3n) is 1.62. The number of esters is 1. The molecule has 1 aromatic carbocycles. The molecule has 0 spiro atoms. The Hall–Kier alpha value is -0.100. The lowest BCUT2D eigenvalue weighted by molar-refractivity contribution is 0.0600. The number of alkyl halides is 1. The van der Waals surface area contributed by atoms with Gasteiger partial charge < -0.3 is 4.74 Å². The SMILES string of the molecule is COC(=O)c1ccc(I)cc1CBr. The molecule has 70 valence electrons. The molecular formula is C9H8BrIO2. The lowest BCUT2D eigenvalue weighted by Gasteiger charge is -2.04. The van der Waals surface area contributed by atoms with Crippen molar-refractivity contribution < 1.29 is 9.53 Å². The van der Waals surface area contributed by atoms with Crippen LogP contribution in [0, 0.1) is 3.57 Å². The second-order valence-electron chi connectivity index (χ2n) is 2.43. The Balaban J connectivity index is 3.13. The predicted octanol–water partition coefficient (Wildman–Crippen LogP) is 2.97. The molecule has 0 fully saturated rings. The van der Waals surface area contributed by atoms with E-state index in [4.69, 9.17) is 0 Å². The molecule has 1 aromatic rings. The second-order valence-corrected chi connectivity index (χ2v) is 4.23. The van der Waals surface area contributed by atoms with Crippen LogP contribution >= 0.6 is 38.5 Å². The molecule has 4 heteroatoms. The molecule has 0 unspecified atom stereocenters. The summed E-state index contributed by atoms with van der Waals surface area (Å²) in [5.74, 6) is -0.286. The lowest BCUT2D eigenvalue weighted by atomic mass is 10.1. The third-order valence-corrected chi connectivity index (χ3v) is 2.89. The number of methoxy groups -OCH3 is 1. The Bertz CT molecular complexity index is 325. The number of benzene rings is 1. The fraction of sp³-hybridized carbons (Fsp3) is 0.222. The molecule has 0 saturated carbocycles. The maximum atomic E-state index is 11.3. The number of hydrogen-bond donors (Lipinski definition) is 0. The average Bonchev–Trinajstić information content (AvgIpc) is 2.16. The van der Waals surface area contributed by atoms with E-state index in [-0.39, 0.29) is 5.97 Å². The quantitative estimate of drug-likeness (QED) is 0.463. The highest BCUT2D eigenvalue weighted by atomic mass is 127. The van der Waals surface area contributed by atoms with Crippen LogP contribution in [0.1, 0.15) is 15.9 Å². The highest BCUT2D eigenvalue weighted by Gasteiger charge is 2.10. The molecule has 0 aliphatic carbocycles. The van der Waals surface area contributed by atoms with Crippen LogP contribution in [0.15, 0.2) is 18.2 Å². The molecule has 0 aliphatic heterocycles. The van der Waals surface area contributed by atoms with Gasteiger partial charge in [0.1, 0.15) is 0 Å². The van der Waals surface area contributed by atoms with Gasteiger partial charge in [0.05, 0.1) is 12.7 Å². The third kappa shape index (κ3) is 2.67. The Kier molecular flexibility index (Phi) is 4.18. The zero-order valence-corrected chi connectivity index (χ0v) is 10.8. The molecule has 0 amide bonds. The molecule has 0 radical (unpaired) electrons. The van der Waals surface area contributed by atoms with E-state index in [0.29, 0.717) is 10.9 Å². The second kappa shape index (κ2) is 4.95. The van der Waals surface area contributed by atoms with Crippen LogP contribution in [-0.4, -0.2) is 13.1 Å². The van der Waals surface area contributed by atoms with E-state index in [9.17, 15) is 4.79 Å². The number of halogens is 2. The monoisotopic (exact) mass is 354 g/mol. The minimum atomic E-state index is -0.286. The van der Waals surface area contributed by atoms with E-state index < -0.39 is 0 Å². The molecule has 0 N–H and O–H groups in total. The smallest absolute Gasteiger partial charge is 0.338 e. The van der Waals surface area contributed by atoms with Crippen LogP contribution in [0.4, 0.5) is 0 Å². The van der Waals surface area contributed by atoms with Gasteiger partial charge in [-0.2, -0.15) is 0 Å². The van der Waals surface area contributed by atoms with Gasteiger partial charge in [0.15, 0.2) is 0 Å². The fourth-order valence-electron chi connectivity index (χ4n) is 0.982. The first-order valence-corrected chi connectivity index (χ1v) is 5.81. The van der Waals surface area contributed by atoms with E-state index in [1.165, 1.54) is 7.11 Å². The molecule has 0 aromatic heterocycles. The molecule has 0 saturated heterocycles. The maximum Gasteiger partial charge on any atom is 0.338 e. The first-order valence-electron chi connectivity index (χ1n) is 3.61. The van der Waals surface area contributed by atoms with Gasteiger partial charge in [-0.05, 0) is 46.4 Å². The Labute approximate surface area is 98.9 Å². The van der Waals surface area contributed by atoms with Crippen LogP contribution in [0.25, 0.3) is 0 Å². The molecule has 0 aliphatic rings. The number of hydrogen-bond acceptors (Lipinski definition) is 2. The topological polar surface area (TPSA) is 26.3 Å². The Morgan fingerprint density at radius 1 is 1.62 bits per heavy atom. The van der Waals surface area contributed by atoms with E-state index >= 15 is 0 Å². The normalized spacial score (nSPS) is 9.77. The van der Waals surface area contributed by atoms with E-state index in [0.717, 1.165) is 9.13 Å². The highest BCUT2D eigenvalue weighted by Crippen LogP contribution is 2.17. The average molecular weight is 355 g/mol. The van der Waals surface area contributed by atoms with Crippen molar-refractivity contribution in [1.29, 1.82) is 0 Å². The number of carbonyl (C=O) groups excluding carboxylic acids is 1. The summed E-state index contributed by atoms with van der Waals surface area (Å²) in [5, 5.41) is 0.661. The highest BCUT2D eigenvalue weighted by molar-refractivity contribution is 14.1. The first kappa shape index (κ1) is 11.0. The van der Waals surface area contributed by atoms with Crippen LogP contribution < -0.4 is 0 Å². The van der Waals surface area contributed by atoms with Gasteiger partial charge in [0.2, 0.25) is 0 Å². The van der Waals surface area contributed by atoms with Gasteiger partial charge in [-0.15, -0.1) is 0 Å². The summed E-state index contributed by atoms with van der Waals surface area (Å²) >= 11 is 5.54. The molecule has 0 atom stereocenters. The molecule has 2 nitrogen and oxygen atoms in total. The summed E-state index contributed by atoms with van der Waals surface area (Å²) in [6.45, 7) is 0. The predicted molar refractivity (Wildman–Crippen MR) is 63.1 cm³/mol.